The van der Waals surface area contributed by atoms with E-state index in [9.17, 15) is 13.6 Å². The molecular formula is C17H22F2O2. The molecule has 2 rings (SSSR count). The number of carbonyl (C=O) groups excluding carboxylic acids is 1. The van der Waals surface area contributed by atoms with Crippen molar-refractivity contribution in [1.82, 2.24) is 0 Å². The van der Waals surface area contributed by atoms with Gasteiger partial charge in [0.1, 0.15) is 17.2 Å². The number of rotatable bonds is 4. The average Bonchev–Trinajstić information content (AvgIpc) is 2.41. The maximum absolute atomic E-state index is 13.9. The summed E-state index contributed by atoms with van der Waals surface area (Å²) in [5.41, 5.74) is -0.880. The molecule has 0 unspecified atom stereocenters. The number of ketones is 1. The van der Waals surface area contributed by atoms with Crippen LogP contribution >= 0.6 is 0 Å². The first-order chi connectivity index (χ1) is 9.80. The molecule has 2 nitrogen and oxygen atoms in total. The lowest BCUT2D eigenvalue weighted by atomic mass is 9.68. The summed E-state index contributed by atoms with van der Waals surface area (Å²) in [4.78, 5) is 12.8. The van der Waals surface area contributed by atoms with Gasteiger partial charge in [-0.05, 0) is 50.2 Å². The molecule has 0 aliphatic heterocycles. The summed E-state index contributed by atoms with van der Waals surface area (Å²) in [6.07, 6.45) is 2.84. The highest BCUT2D eigenvalue weighted by Crippen LogP contribution is 2.43. The van der Waals surface area contributed by atoms with Crippen LogP contribution in [0.2, 0.25) is 0 Å². The monoisotopic (exact) mass is 296 g/mol. The van der Waals surface area contributed by atoms with Crippen LogP contribution in [0.1, 0.15) is 56.8 Å². The number of halogens is 2. The van der Waals surface area contributed by atoms with Gasteiger partial charge < -0.3 is 4.74 Å². The van der Waals surface area contributed by atoms with Crippen LogP contribution in [0.15, 0.2) is 18.2 Å². The van der Waals surface area contributed by atoms with Gasteiger partial charge in [0, 0.05) is 12.7 Å². The van der Waals surface area contributed by atoms with E-state index in [2.05, 4.69) is 13.8 Å². The molecule has 21 heavy (non-hydrogen) atoms. The van der Waals surface area contributed by atoms with E-state index >= 15 is 0 Å². The summed E-state index contributed by atoms with van der Waals surface area (Å²) in [5, 5.41) is 0. The van der Waals surface area contributed by atoms with Crippen molar-refractivity contribution in [3.63, 3.8) is 0 Å². The fourth-order valence-corrected chi connectivity index (χ4v) is 2.96. The molecule has 4 heteroatoms. The molecule has 0 saturated heterocycles. The molecule has 1 aliphatic rings. The summed E-state index contributed by atoms with van der Waals surface area (Å²) in [6, 6.07) is 3.08. The largest absolute Gasteiger partial charge is 0.367 e. The third kappa shape index (κ3) is 3.31. The molecule has 1 aromatic rings. The summed E-state index contributed by atoms with van der Waals surface area (Å²) in [6.45, 7) is 6.54. The molecule has 1 aliphatic carbocycles. The smallest absolute Gasteiger partial charge is 0.197 e. The zero-order chi connectivity index (χ0) is 15.7. The van der Waals surface area contributed by atoms with Crippen LogP contribution in [0.3, 0.4) is 0 Å². The van der Waals surface area contributed by atoms with Gasteiger partial charge in [-0.15, -0.1) is 0 Å². The molecule has 0 radical (unpaired) electrons. The van der Waals surface area contributed by atoms with Gasteiger partial charge in [-0.2, -0.15) is 0 Å². The first-order valence-corrected chi connectivity index (χ1v) is 7.43. The van der Waals surface area contributed by atoms with E-state index in [1.165, 1.54) is 6.07 Å². The van der Waals surface area contributed by atoms with E-state index in [1.807, 2.05) is 6.92 Å². The maximum Gasteiger partial charge on any atom is 0.197 e. The number of carbonyl (C=O) groups is 1. The molecule has 0 bridgehead atoms. The first kappa shape index (κ1) is 16.1. The predicted octanol–water partition coefficient (Wildman–Crippen LogP) is 4.52. The molecule has 0 heterocycles. The molecule has 0 spiro atoms. The van der Waals surface area contributed by atoms with Gasteiger partial charge in [-0.3, -0.25) is 4.79 Å². The van der Waals surface area contributed by atoms with Crippen molar-refractivity contribution in [2.24, 2.45) is 5.41 Å². The molecule has 1 aromatic carbocycles. The Morgan fingerprint density at radius 2 is 1.81 bits per heavy atom. The lowest BCUT2D eigenvalue weighted by Crippen LogP contribution is -2.46. The topological polar surface area (TPSA) is 26.3 Å². The summed E-state index contributed by atoms with van der Waals surface area (Å²) >= 11 is 0. The standard InChI is InChI=1S/C17H22F2O2/c1-4-21-17(9-7-16(2,3)8-10-17)15(20)13-6-5-12(18)11-14(13)19/h5-6,11H,4,7-10H2,1-3H3. The second-order valence-electron chi connectivity index (χ2n) is 6.54. The Balaban J connectivity index is 2.32. The summed E-state index contributed by atoms with van der Waals surface area (Å²) in [5.74, 6) is -1.86. The number of benzene rings is 1. The van der Waals surface area contributed by atoms with Gasteiger partial charge in [-0.1, -0.05) is 13.8 Å². The van der Waals surface area contributed by atoms with Crippen LogP contribution in [0.5, 0.6) is 0 Å². The third-order valence-corrected chi connectivity index (χ3v) is 4.42. The van der Waals surface area contributed by atoms with Gasteiger partial charge in [0.2, 0.25) is 0 Å². The quantitative estimate of drug-likeness (QED) is 0.763. The van der Waals surface area contributed by atoms with Crippen LogP contribution in [-0.2, 0) is 4.74 Å². The molecule has 1 fully saturated rings. The Morgan fingerprint density at radius 1 is 1.19 bits per heavy atom. The van der Waals surface area contributed by atoms with Crippen LogP contribution in [0.25, 0.3) is 0 Å². The van der Waals surface area contributed by atoms with Crippen molar-refractivity contribution in [2.75, 3.05) is 6.61 Å². The van der Waals surface area contributed by atoms with E-state index in [0.29, 0.717) is 19.4 Å². The van der Waals surface area contributed by atoms with Crippen LogP contribution < -0.4 is 0 Å². The van der Waals surface area contributed by atoms with Crippen LogP contribution in [0.4, 0.5) is 8.78 Å². The van der Waals surface area contributed by atoms with Crippen molar-refractivity contribution in [1.29, 1.82) is 0 Å². The van der Waals surface area contributed by atoms with Gasteiger partial charge in [0.15, 0.2) is 5.78 Å². The highest BCUT2D eigenvalue weighted by molar-refractivity contribution is 6.02. The van der Waals surface area contributed by atoms with Crippen molar-refractivity contribution in [3.05, 3.63) is 35.4 Å². The molecular weight excluding hydrogens is 274 g/mol. The molecule has 1 saturated carbocycles. The molecule has 116 valence electrons. The molecule has 0 atom stereocenters. The van der Waals surface area contributed by atoms with E-state index in [1.54, 1.807) is 0 Å². The van der Waals surface area contributed by atoms with Gasteiger partial charge in [0.05, 0.1) is 5.56 Å². The SMILES string of the molecule is CCOC1(C(=O)c2ccc(F)cc2F)CCC(C)(C)CC1. The molecule has 0 amide bonds. The Kier molecular flexibility index (Phi) is 4.47. The minimum absolute atomic E-state index is 0.0791. The first-order valence-electron chi connectivity index (χ1n) is 7.43. The van der Waals surface area contributed by atoms with E-state index in [4.69, 9.17) is 4.74 Å². The second kappa shape index (κ2) is 5.84. The number of Topliss-reactive ketones (excluding diaryl/α,β-unsaturated/α-hetero) is 1. The number of ether oxygens (including phenoxy) is 1. The van der Waals surface area contributed by atoms with Crippen molar-refractivity contribution >= 4 is 5.78 Å². The second-order valence-corrected chi connectivity index (χ2v) is 6.54. The van der Waals surface area contributed by atoms with Crippen molar-refractivity contribution in [3.8, 4) is 0 Å². The highest BCUT2D eigenvalue weighted by atomic mass is 19.1. The van der Waals surface area contributed by atoms with Crippen LogP contribution in [-0.4, -0.2) is 18.0 Å². The normalized spacial score (nSPS) is 20.2. The fraction of sp³-hybridized carbons (Fsp3) is 0.588. The molecule has 0 aromatic heterocycles. The third-order valence-electron chi connectivity index (χ3n) is 4.42. The lowest BCUT2D eigenvalue weighted by Gasteiger charge is -2.42. The fourth-order valence-electron chi connectivity index (χ4n) is 2.96. The van der Waals surface area contributed by atoms with E-state index in [0.717, 1.165) is 25.0 Å². The average molecular weight is 296 g/mol. The van der Waals surface area contributed by atoms with Gasteiger partial charge in [-0.25, -0.2) is 8.78 Å². The summed E-state index contributed by atoms with van der Waals surface area (Å²) < 4.78 is 32.7. The zero-order valence-electron chi connectivity index (χ0n) is 12.8. The Labute approximate surface area is 124 Å². The molecule has 0 N–H and O–H groups in total. The maximum atomic E-state index is 13.9. The van der Waals surface area contributed by atoms with E-state index < -0.39 is 17.2 Å². The Morgan fingerprint density at radius 3 is 2.33 bits per heavy atom. The van der Waals surface area contributed by atoms with E-state index in [-0.39, 0.29) is 16.8 Å². The Bertz CT molecular complexity index is 528. The lowest BCUT2D eigenvalue weighted by molar-refractivity contribution is -0.0582. The van der Waals surface area contributed by atoms with Gasteiger partial charge in [0.25, 0.3) is 0 Å². The van der Waals surface area contributed by atoms with Crippen molar-refractivity contribution in [2.45, 2.75) is 52.1 Å². The summed E-state index contributed by atoms with van der Waals surface area (Å²) in [7, 11) is 0. The minimum Gasteiger partial charge on any atom is -0.367 e. The van der Waals surface area contributed by atoms with Crippen LogP contribution in [0, 0.1) is 17.0 Å². The number of hydrogen-bond acceptors (Lipinski definition) is 2. The van der Waals surface area contributed by atoms with Crippen molar-refractivity contribution < 1.29 is 18.3 Å². The van der Waals surface area contributed by atoms with Gasteiger partial charge >= 0.3 is 0 Å². The number of hydrogen-bond donors (Lipinski definition) is 0. The zero-order valence-corrected chi connectivity index (χ0v) is 12.8. The minimum atomic E-state index is -0.969. The highest BCUT2D eigenvalue weighted by Gasteiger charge is 2.45. The Hall–Kier alpha value is -1.29. The predicted molar refractivity (Wildman–Crippen MR) is 77.3 cm³/mol.